The van der Waals surface area contributed by atoms with Crippen molar-refractivity contribution in [2.75, 3.05) is 13.1 Å². The molecule has 0 saturated heterocycles. The molecule has 4 unspecified atom stereocenters. The van der Waals surface area contributed by atoms with E-state index in [-0.39, 0.29) is 56.7 Å². The van der Waals surface area contributed by atoms with Crippen molar-refractivity contribution in [3.8, 4) is 11.5 Å². The van der Waals surface area contributed by atoms with E-state index in [4.69, 9.17) is 15.7 Å². The molecule has 40 heavy (non-hydrogen) atoms. The Balaban J connectivity index is 3.08. The maximum Gasteiger partial charge on any atom is 0.326 e. The first kappa shape index (κ1) is 33.5. The molecule has 0 aromatic heterocycles. The fraction of sp³-hybridized carbons (Fsp3) is 0.478. The third kappa shape index (κ3) is 10.7. The number of hydrogen-bond acceptors (Lipinski definition) is 12. The van der Waals surface area contributed by atoms with Crippen molar-refractivity contribution in [2.24, 2.45) is 5.73 Å². The summed E-state index contributed by atoms with van der Waals surface area (Å²) < 4.78 is 5.22. The lowest BCUT2D eigenvalue weighted by Gasteiger charge is -2.27. The number of rotatable bonds is 18. The minimum Gasteiger partial charge on any atom is -0.504 e. The molecule has 17 heteroatoms. The van der Waals surface area contributed by atoms with Gasteiger partial charge >= 0.3 is 11.9 Å². The van der Waals surface area contributed by atoms with Crippen molar-refractivity contribution in [1.29, 1.82) is 0 Å². The molecule has 0 saturated carbocycles. The van der Waals surface area contributed by atoms with Crippen molar-refractivity contribution < 1.29 is 59.2 Å². The first-order valence-electron chi connectivity index (χ1n) is 11.9. The Morgan fingerprint density at radius 2 is 1.57 bits per heavy atom. The van der Waals surface area contributed by atoms with Crippen molar-refractivity contribution in [1.82, 2.24) is 20.8 Å². The fourth-order valence-corrected chi connectivity index (χ4v) is 3.34. The van der Waals surface area contributed by atoms with Gasteiger partial charge in [0, 0.05) is 13.1 Å². The highest BCUT2D eigenvalue weighted by Crippen LogP contribution is 2.28. The number of benzene rings is 1. The number of nitrogens with two attached hydrogens (primary N) is 1. The third-order valence-electron chi connectivity index (χ3n) is 5.54. The summed E-state index contributed by atoms with van der Waals surface area (Å²) >= 11 is 0. The van der Waals surface area contributed by atoms with Crippen molar-refractivity contribution in [3.05, 3.63) is 23.8 Å². The number of aromatic hydroxyl groups is 2. The lowest BCUT2D eigenvalue weighted by atomic mass is 10.1. The Morgan fingerprint density at radius 3 is 2.12 bits per heavy atom. The first-order chi connectivity index (χ1) is 18.8. The van der Waals surface area contributed by atoms with Gasteiger partial charge in [0.2, 0.25) is 18.7 Å². The van der Waals surface area contributed by atoms with Crippen LogP contribution < -0.4 is 16.4 Å². The van der Waals surface area contributed by atoms with Crippen LogP contribution in [0.4, 0.5) is 0 Å². The highest BCUT2D eigenvalue weighted by molar-refractivity contribution is 6.00. The predicted octanol–water partition coefficient (Wildman–Crippen LogP) is -1.72. The number of carboxylic acids is 1. The summed E-state index contributed by atoms with van der Waals surface area (Å²) in [6, 6.07) is -1.04. The van der Waals surface area contributed by atoms with Crippen molar-refractivity contribution >= 4 is 36.6 Å². The molecule has 0 aliphatic heterocycles. The first-order valence-corrected chi connectivity index (χ1v) is 11.9. The highest BCUT2D eigenvalue weighted by Gasteiger charge is 2.34. The zero-order valence-electron chi connectivity index (χ0n) is 21.5. The van der Waals surface area contributed by atoms with Crippen LogP contribution in [0.25, 0.3) is 0 Å². The topological polar surface area (TPSA) is 269 Å². The van der Waals surface area contributed by atoms with Crippen molar-refractivity contribution in [2.45, 2.75) is 56.8 Å². The van der Waals surface area contributed by atoms with Crippen LogP contribution in [-0.4, -0.2) is 110 Å². The number of nitrogens with one attached hydrogen (secondary N) is 2. The van der Waals surface area contributed by atoms with Gasteiger partial charge in [-0.1, -0.05) is 6.07 Å². The Bertz CT molecular complexity index is 1060. The molecule has 0 spiro atoms. The molecular weight excluding hydrogens is 538 g/mol. The Morgan fingerprint density at radius 1 is 1.00 bits per heavy atom. The normalized spacial score (nSPS) is 13.6. The van der Waals surface area contributed by atoms with E-state index in [1.165, 1.54) is 13.0 Å². The number of ether oxygens (including phenoxy) is 1. The minimum atomic E-state index is -1.72. The van der Waals surface area contributed by atoms with Gasteiger partial charge in [0.1, 0.15) is 24.2 Å². The smallest absolute Gasteiger partial charge is 0.326 e. The van der Waals surface area contributed by atoms with E-state index < -0.39 is 65.0 Å². The molecule has 1 aromatic carbocycles. The van der Waals surface area contributed by atoms with Gasteiger partial charge in [-0.3, -0.25) is 34.4 Å². The molecule has 0 aliphatic carbocycles. The van der Waals surface area contributed by atoms with Gasteiger partial charge in [-0.2, -0.15) is 0 Å². The molecule has 1 aromatic rings. The zero-order chi connectivity index (χ0) is 30.4. The number of phenolic OH excluding ortho intramolecular Hbond substituents is 2. The quantitative estimate of drug-likeness (QED) is 0.0321. The molecule has 0 radical (unpaired) electrons. The Hall–Kier alpha value is -4.48. The number of hydroxylamine groups is 4. The number of carboxylic acid groups (broad SMARTS) is 1. The van der Waals surface area contributed by atoms with Crippen molar-refractivity contribution in [3.63, 3.8) is 0 Å². The maximum atomic E-state index is 13.1. The van der Waals surface area contributed by atoms with E-state index in [0.717, 1.165) is 12.1 Å². The SMILES string of the molecule is CC(OC(=O)C(N)CCCN(O)C=O)C(NC(=O)c1cccc(O)c1O)C(=O)NC(CCCN(O)C=O)C(=O)O. The number of phenols is 2. The molecule has 4 amide bonds. The van der Waals surface area contributed by atoms with Gasteiger partial charge < -0.3 is 36.4 Å². The van der Waals surface area contributed by atoms with Gasteiger partial charge in [-0.25, -0.2) is 14.9 Å². The number of nitrogens with zero attached hydrogens (tertiary/aromatic N) is 2. The van der Waals surface area contributed by atoms with E-state index in [1.54, 1.807) is 0 Å². The molecular formula is C23H33N5O12. The average molecular weight is 572 g/mol. The molecule has 0 fully saturated rings. The number of hydrogen-bond donors (Lipinski definition) is 8. The van der Waals surface area contributed by atoms with Crippen LogP contribution in [0, 0.1) is 0 Å². The van der Waals surface area contributed by atoms with E-state index in [1.807, 2.05) is 0 Å². The molecule has 4 atom stereocenters. The second-order valence-electron chi connectivity index (χ2n) is 8.59. The van der Waals surface area contributed by atoms with Gasteiger partial charge in [0.15, 0.2) is 11.5 Å². The van der Waals surface area contributed by atoms with Gasteiger partial charge in [-0.05, 0) is 44.7 Å². The number of esters is 1. The second kappa shape index (κ2) is 16.5. The number of para-hydroxylation sites is 1. The van der Waals surface area contributed by atoms with Crippen LogP contribution in [0.5, 0.6) is 11.5 Å². The molecule has 0 bridgehead atoms. The van der Waals surface area contributed by atoms with E-state index in [2.05, 4.69) is 10.6 Å². The molecule has 222 valence electrons. The average Bonchev–Trinajstić information content (AvgIpc) is 2.91. The summed E-state index contributed by atoms with van der Waals surface area (Å²) in [4.78, 5) is 71.0. The van der Waals surface area contributed by atoms with Gasteiger partial charge in [0.25, 0.3) is 5.91 Å². The van der Waals surface area contributed by atoms with Gasteiger partial charge in [-0.15, -0.1) is 0 Å². The van der Waals surface area contributed by atoms with Crippen LogP contribution >= 0.6 is 0 Å². The van der Waals surface area contributed by atoms with E-state index >= 15 is 0 Å². The number of carbonyl (C=O) groups is 6. The highest BCUT2D eigenvalue weighted by atomic mass is 16.5. The summed E-state index contributed by atoms with van der Waals surface area (Å²) in [5.74, 6) is -6.10. The molecule has 1 rings (SSSR count). The van der Waals surface area contributed by atoms with Crippen LogP contribution in [0.3, 0.4) is 0 Å². The Labute approximate surface area is 228 Å². The zero-order valence-corrected chi connectivity index (χ0v) is 21.5. The summed E-state index contributed by atoms with van der Waals surface area (Å²) in [5.41, 5.74) is 5.33. The molecule has 0 aliphatic rings. The number of amides is 4. The van der Waals surface area contributed by atoms with E-state index in [0.29, 0.717) is 5.06 Å². The monoisotopic (exact) mass is 571 g/mol. The van der Waals surface area contributed by atoms with Crippen LogP contribution in [-0.2, 0) is 28.7 Å². The van der Waals surface area contributed by atoms with Gasteiger partial charge in [0.05, 0.1) is 5.56 Å². The third-order valence-corrected chi connectivity index (χ3v) is 5.54. The molecule has 17 nitrogen and oxygen atoms in total. The van der Waals surface area contributed by atoms with Crippen LogP contribution in [0.1, 0.15) is 43.0 Å². The fourth-order valence-electron chi connectivity index (χ4n) is 3.34. The molecule has 9 N–H and O–H groups in total. The Kier molecular flexibility index (Phi) is 13.8. The van der Waals surface area contributed by atoms with E-state index in [9.17, 15) is 49.3 Å². The number of aliphatic carboxylic acids is 1. The minimum absolute atomic E-state index is 0.0272. The summed E-state index contributed by atoms with van der Waals surface area (Å²) in [6.45, 7) is 0.863. The largest absolute Gasteiger partial charge is 0.504 e. The molecule has 0 heterocycles. The summed E-state index contributed by atoms with van der Waals surface area (Å²) in [7, 11) is 0. The second-order valence-corrected chi connectivity index (χ2v) is 8.59. The summed E-state index contributed by atoms with van der Waals surface area (Å²) in [6.07, 6.45) is -1.34. The summed E-state index contributed by atoms with van der Waals surface area (Å²) in [5, 5.41) is 52.6. The standard InChI is InChI=1S/C23H33N5O12/c1-13(40-23(37)15(24)6-3-9-27(38)11-29)18(26-20(33)14-5-2-8-17(31)19(14)32)21(34)25-16(22(35)36)7-4-10-28(39)12-30/h2,5,8,11-13,15-16,18,31-32,38-39H,3-4,6-7,9-10,24H2,1H3,(H,25,34)(H,26,33)(H,35,36). The lowest BCUT2D eigenvalue weighted by molar-refractivity contribution is -0.154. The predicted molar refractivity (Wildman–Crippen MR) is 132 cm³/mol. The van der Waals surface area contributed by atoms with Crippen LogP contribution in [0.15, 0.2) is 18.2 Å². The maximum absolute atomic E-state index is 13.1. The van der Waals surface area contributed by atoms with Crippen LogP contribution in [0.2, 0.25) is 0 Å². The number of carbonyl (C=O) groups excluding carboxylic acids is 5. The lowest BCUT2D eigenvalue weighted by Crippen LogP contribution is -2.57.